The van der Waals surface area contributed by atoms with E-state index in [1.165, 1.54) is 12.0 Å². The molecular formula is C13H31N. The van der Waals surface area contributed by atoms with Gasteiger partial charge in [0.1, 0.15) is 0 Å². The van der Waals surface area contributed by atoms with Crippen molar-refractivity contribution in [2.24, 2.45) is 5.73 Å². The van der Waals surface area contributed by atoms with E-state index in [1.807, 2.05) is 27.7 Å². The predicted molar refractivity (Wildman–Crippen MR) is 69.6 cm³/mol. The van der Waals surface area contributed by atoms with Gasteiger partial charge in [-0.1, -0.05) is 60.1 Å². The molecule has 0 heterocycles. The summed E-state index contributed by atoms with van der Waals surface area (Å²) in [6.45, 7) is 16.2. The van der Waals surface area contributed by atoms with Crippen molar-refractivity contribution < 1.29 is 0 Å². The zero-order valence-corrected chi connectivity index (χ0v) is 11.2. The molecule has 0 aromatic heterocycles. The molecule has 0 aromatic rings. The third-order valence-electron chi connectivity index (χ3n) is 1.71. The largest absolute Gasteiger partial charge is 0.327 e. The third-order valence-corrected chi connectivity index (χ3v) is 1.71. The molecule has 0 bridgehead atoms. The van der Waals surface area contributed by atoms with E-state index < -0.39 is 0 Å². The van der Waals surface area contributed by atoms with Gasteiger partial charge in [0, 0.05) is 6.04 Å². The Morgan fingerprint density at radius 3 is 1.86 bits per heavy atom. The second-order valence-corrected chi connectivity index (χ2v) is 2.86. The van der Waals surface area contributed by atoms with Crippen LogP contribution in [0.5, 0.6) is 0 Å². The first-order chi connectivity index (χ1) is 6.70. The van der Waals surface area contributed by atoms with Crippen LogP contribution in [0.3, 0.4) is 0 Å². The Balaban J connectivity index is -0.000000266. The second-order valence-electron chi connectivity index (χ2n) is 2.86. The molecule has 0 aliphatic heterocycles. The normalized spacial score (nSPS) is 10.2. The Labute approximate surface area is 91.8 Å². The van der Waals surface area contributed by atoms with E-state index in [9.17, 15) is 0 Å². The van der Waals surface area contributed by atoms with Crippen molar-refractivity contribution in [3.63, 3.8) is 0 Å². The average molecular weight is 201 g/mol. The summed E-state index contributed by atoms with van der Waals surface area (Å²) in [5.74, 6) is 0. The maximum Gasteiger partial charge on any atom is 0.00758 e. The van der Waals surface area contributed by atoms with Gasteiger partial charge in [0.15, 0.2) is 0 Å². The van der Waals surface area contributed by atoms with Crippen LogP contribution in [0.2, 0.25) is 0 Å². The maximum atomic E-state index is 5.80. The molecule has 1 nitrogen and oxygen atoms in total. The summed E-state index contributed by atoms with van der Waals surface area (Å²) in [7, 11) is 0. The highest BCUT2D eigenvalue weighted by molar-refractivity contribution is 4.95. The highest BCUT2D eigenvalue weighted by Crippen LogP contribution is 2.08. The van der Waals surface area contributed by atoms with Crippen LogP contribution in [0, 0.1) is 0 Å². The quantitative estimate of drug-likeness (QED) is 0.650. The minimum atomic E-state index is 0.345. The Morgan fingerprint density at radius 1 is 1.14 bits per heavy atom. The lowest BCUT2D eigenvalue weighted by Crippen LogP contribution is -2.19. The molecule has 2 N–H and O–H groups in total. The molecule has 0 radical (unpaired) electrons. The third kappa shape index (κ3) is 17.7. The number of rotatable bonds is 5. The first kappa shape index (κ1) is 19.3. The van der Waals surface area contributed by atoms with E-state index in [2.05, 4.69) is 20.4 Å². The average Bonchev–Trinajstić information content (AvgIpc) is 2.24. The predicted octanol–water partition coefficient (Wildman–Crippen LogP) is 4.52. The summed E-state index contributed by atoms with van der Waals surface area (Å²) < 4.78 is 0. The zero-order chi connectivity index (χ0) is 12.0. The molecule has 1 heteroatoms. The topological polar surface area (TPSA) is 26.0 Å². The molecule has 0 spiro atoms. The van der Waals surface area contributed by atoms with Gasteiger partial charge in [0.25, 0.3) is 0 Å². The van der Waals surface area contributed by atoms with Crippen molar-refractivity contribution in [1.29, 1.82) is 0 Å². The van der Waals surface area contributed by atoms with Gasteiger partial charge >= 0.3 is 0 Å². The van der Waals surface area contributed by atoms with Crippen LogP contribution < -0.4 is 5.73 Å². The van der Waals surface area contributed by atoms with Crippen molar-refractivity contribution in [2.75, 3.05) is 0 Å². The number of nitrogens with two attached hydrogens (primary N) is 1. The fourth-order valence-corrected chi connectivity index (χ4v) is 0.988. The minimum Gasteiger partial charge on any atom is -0.327 e. The second kappa shape index (κ2) is 18.5. The molecule has 0 aliphatic carbocycles. The van der Waals surface area contributed by atoms with Gasteiger partial charge in [-0.05, 0) is 19.3 Å². The summed E-state index contributed by atoms with van der Waals surface area (Å²) in [5.41, 5.74) is 7.08. The fraction of sp³-hybridized carbons (Fsp3) is 0.846. The lowest BCUT2D eigenvalue weighted by molar-refractivity contribution is 0.592. The molecule has 0 unspecified atom stereocenters. The van der Waals surface area contributed by atoms with Gasteiger partial charge in [-0.3, -0.25) is 0 Å². The van der Waals surface area contributed by atoms with Gasteiger partial charge in [-0.2, -0.15) is 0 Å². The first-order valence-electron chi connectivity index (χ1n) is 6.12. The number of hydrogen-bond donors (Lipinski definition) is 1. The van der Waals surface area contributed by atoms with Crippen molar-refractivity contribution in [3.8, 4) is 0 Å². The summed E-state index contributed by atoms with van der Waals surface area (Å²) in [5, 5.41) is 0. The van der Waals surface area contributed by atoms with E-state index in [0.717, 1.165) is 19.3 Å². The van der Waals surface area contributed by atoms with Crippen molar-refractivity contribution in [1.82, 2.24) is 0 Å². The molecule has 0 aromatic carbocycles. The van der Waals surface area contributed by atoms with Crippen molar-refractivity contribution in [2.45, 2.75) is 73.3 Å². The Bertz CT molecular complexity index is 97.4. The molecule has 0 rings (SSSR count). The molecular weight excluding hydrogens is 170 g/mol. The standard InChI is InChI=1S/C9H19N.2C2H6/c1-4-6-9(10)7-8(3)5-2;2*1-2/h9H,3-7,10H2,1-2H3;2*1-2H3/t9-;;/m0../s1. The van der Waals surface area contributed by atoms with Crippen LogP contribution in [0.4, 0.5) is 0 Å². The van der Waals surface area contributed by atoms with E-state index in [1.54, 1.807) is 0 Å². The molecule has 0 saturated carbocycles. The molecule has 0 aliphatic rings. The van der Waals surface area contributed by atoms with Crippen LogP contribution in [0.1, 0.15) is 67.2 Å². The highest BCUT2D eigenvalue weighted by atomic mass is 14.6. The minimum absolute atomic E-state index is 0.345. The molecule has 14 heavy (non-hydrogen) atoms. The summed E-state index contributed by atoms with van der Waals surface area (Å²) >= 11 is 0. The van der Waals surface area contributed by atoms with Gasteiger partial charge in [0.05, 0.1) is 0 Å². The van der Waals surface area contributed by atoms with Crippen LogP contribution in [-0.4, -0.2) is 6.04 Å². The smallest absolute Gasteiger partial charge is 0.00758 e. The maximum absolute atomic E-state index is 5.80. The van der Waals surface area contributed by atoms with E-state index >= 15 is 0 Å². The van der Waals surface area contributed by atoms with E-state index in [0.29, 0.717) is 6.04 Å². The SMILES string of the molecule is C=C(CC)C[C@@H](N)CCC.CC.CC. The first-order valence-corrected chi connectivity index (χ1v) is 6.12. The lowest BCUT2D eigenvalue weighted by atomic mass is 10.0. The van der Waals surface area contributed by atoms with Crippen LogP contribution >= 0.6 is 0 Å². The Morgan fingerprint density at radius 2 is 1.57 bits per heavy atom. The monoisotopic (exact) mass is 201 g/mol. The molecule has 0 amide bonds. The van der Waals surface area contributed by atoms with Crippen molar-refractivity contribution >= 4 is 0 Å². The van der Waals surface area contributed by atoms with E-state index in [4.69, 9.17) is 5.73 Å². The number of hydrogen-bond acceptors (Lipinski definition) is 1. The Hall–Kier alpha value is -0.300. The molecule has 0 saturated heterocycles. The molecule has 1 atom stereocenters. The van der Waals surface area contributed by atoms with Gasteiger partial charge in [-0.15, -0.1) is 0 Å². The zero-order valence-electron chi connectivity index (χ0n) is 11.2. The van der Waals surface area contributed by atoms with Gasteiger partial charge < -0.3 is 5.73 Å². The lowest BCUT2D eigenvalue weighted by Gasteiger charge is -2.10. The summed E-state index contributed by atoms with van der Waals surface area (Å²) in [6.07, 6.45) is 4.37. The highest BCUT2D eigenvalue weighted by Gasteiger charge is 2.00. The van der Waals surface area contributed by atoms with E-state index in [-0.39, 0.29) is 0 Å². The Kier molecular flexibility index (Phi) is 25.5. The van der Waals surface area contributed by atoms with Crippen LogP contribution in [-0.2, 0) is 0 Å². The van der Waals surface area contributed by atoms with Crippen LogP contribution in [0.25, 0.3) is 0 Å². The summed E-state index contributed by atoms with van der Waals surface area (Å²) in [6, 6.07) is 0.345. The van der Waals surface area contributed by atoms with Crippen molar-refractivity contribution in [3.05, 3.63) is 12.2 Å². The fourth-order valence-electron chi connectivity index (χ4n) is 0.988. The van der Waals surface area contributed by atoms with Gasteiger partial charge in [0.2, 0.25) is 0 Å². The summed E-state index contributed by atoms with van der Waals surface area (Å²) in [4.78, 5) is 0. The van der Waals surface area contributed by atoms with Crippen LogP contribution in [0.15, 0.2) is 12.2 Å². The molecule has 88 valence electrons. The van der Waals surface area contributed by atoms with Gasteiger partial charge in [-0.25, -0.2) is 0 Å². The molecule has 0 fully saturated rings.